The number of hydrogen-bond acceptors (Lipinski definition) is 2. The molecule has 0 aliphatic rings. The molecule has 0 unspecified atom stereocenters. The summed E-state index contributed by atoms with van der Waals surface area (Å²) < 4.78 is 13.5. The van der Waals surface area contributed by atoms with E-state index in [-0.39, 0.29) is 18.1 Å². The standard InChI is InChI=1S/C15H15FN2O/c1-18(11-13-7-4-5-9-17-13)15(19)10-12-6-2-3-8-14(12)16/h2-9H,10-11H2,1H3. The molecule has 0 bridgehead atoms. The van der Waals surface area contributed by atoms with E-state index in [9.17, 15) is 9.18 Å². The molecule has 0 fully saturated rings. The van der Waals surface area contributed by atoms with Gasteiger partial charge in [-0.15, -0.1) is 0 Å². The predicted octanol–water partition coefficient (Wildman–Crippen LogP) is 2.42. The average Bonchev–Trinajstić information content (AvgIpc) is 2.42. The highest BCUT2D eigenvalue weighted by molar-refractivity contribution is 5.78. The summed E-state index contributed by atoms with van der Waals surface area (Å²) in [6.07, 6.45) is 1.75. The Bertz CT molecular complexity index is 557. The van der Waals surface area contributed by atoms with Crippen LogP contribution >= 0.6 is 0 Å². The van der Waals surface area contributed by atoms with Crippen molar-refractivity contribution in [3.05, 3.63) is 65.7 Å². The second kappa shape index (κ2) is 6.09. The van der Waals surface area contributed by atoms with Crippen LogP contribution in [0.2, 0.25) is 0 Å². The van der Waals surface area contributed by atoms with Gasteiger partial charge in [0.25, 0.3) is 0 Å². The zero-order chi connectivity index (χ0) is 13.7. The van der Waals surface area contributed by atoms with E-state index in [1.807, 2.05) is 18.2 Å². The van der Waals surface area contributed by atoms with Crippen LogP contribution in [0, 0.1) is 5.82 Å². The number of halogens is 1. The highest BCUT2D eigenvalue weighted by Crippen LogP contribution is 2.09. The van der Waals surface area contributed by atoms with Gasteiger partial charge < -0.3 is 4.90 Å². The van der Waals surface area contributed by atoms with Crippen LogP contribution < -0.4 is 0 Å². The van der Waals surface area contributed by atoms with Gasteiger partial charge in [0.2, 0.25) is 5.91 Å². The summed E-state index contributed by atoms with van der Waals surface area (Å²) >= 11 is 0. The topological polar surface area (TPSA) is 33.2 Å². The van der Waals surface area contributed by atoms with Gasteiger partial charge in [-0.3, -0.25) is 9.78 Å². The molecular formula is C15H15FN2O. The third-order valence-corrected chi connectivity index (χ3v) is 2.85. The van der Waals surface area contributed by atoms with Crippen molar-refractivity contribution in [3.8, 4) is 0 Å². The molecule has 19 heavy (non-hydrogen) atoms. The summed E-state index contributed by atoms with van der Waals surface area (Å²) in [5.41, 5.74) is 1.23. The normalized spacial score (nSPS) is 10.2. The average molecular weight is 258 g/mol. The Labute approximate surface area is 111 Å². The van der Waals surface area contributed by atoms with Crippen LogP contribution in [-0.2, 0) is 17.8 Å². The number of carbonyl (C=O) groups is 1. The van der Waals surface area contributed by atoms with Gasteiger partial charge in [-0.25, -0.2) is 4.39 Å². The number of hydrogen-bond donors (Lipinski definition) is 0. The van der Waals surface area contributed by atoms with Crippen molar-refractivity contribution in [2.45, 2.75) is 13.0 Å². The maximum absolute atomic E-state index is 13.5. The number of nitrogens with zero attached hydrogens (tertiary/aromatic N) is 2. The van der Waals surface area contributed by atoms with Crippen molar-refractivity contribution in [1.82, 2.24) is 9.88 Å². The Morgan fingerprint density at radius 3 is 2.63 bits per heavy atom. The van der Waals surface area contributed by atoms with E-state index < -0.39 is 0 Å². The molecule has 1 aromatic carbocycles. The molecule has 0 aliphatic heterocycles. The molecule has 0 saturated carbocycles. The number of amides is 1. The summed E-state index contributed by atoms with van der Waals surface area (Å²) in [6, 6.07) is 11.9. The van der Waals surface area contributed by atoms with E-state index in [2.05, 4.69) is 4.98 Å². The third-order valence-electron chi connectivity index (χ3n) is 2.85. The molecule has 1 aromatic heterocycles. The molecular weight excluding hydrogens is 243 g/mol. The van der Waals surface area contributed by atoms with Crippen LogP contribution in [0.3, 0.4) is 0 Å². The number of aromatic nitrogens is 1. The Morgan fingerprint density at radius 1 is 1.21 bits per heavy atom. The highest BCUT2D eigenvalue weighted by Gasteiger charge is 2.12. The van der Waals surface area contributed by atoms with Crippen molar-refractivity contribution >= 4 is 5.91 Å². The predicted molar refractivity (Wildman–Crippen MR) is 70.8 cm³/mol. The van der Waals surface area contributed by atoms with Crippen LogP contribution in [0.25, 0.3) is 0 Å². The minimum atomic E-state index is -0.345. The number of pyridine rings is 1. The fourth-order valence-corrected chi connectivity index (χ4v) is 1.76. The van der Waals surface area contributed by atoms with Crippen LogP contribution in [-0.4, -0.2) is 22.8 Å². The zero-order valence-electron chi connectivity index (χ0n) is 10.7. The van der Waals surface area contributed by atoms with Crippen molar-refractivity contribution in [2.24, 2.45) is 0 Å². The smallest absolute Gasteiger partial charge is 0.227 e. The fraction of sp³-hybridized carbons (Fsp3) is 0.200. The summed E-state index contributed by atoms with van der Waals surface area (Å²) in [5, 5.41) is 0. The summed E-state index contributed by atoms with van der Waals surface area (Å²) in [7, 11) is 1.69. The fourth-order valence-electron chi connectivity index (χ4n) is 1.76. The van der Waals surface area contributed by atoms with E-state index in [1.165, 1.54) is 6.07 Å². The summed E-state index contributed by atoms with van der Waals surface area (Å²) in [5.74, 6) is -0.474. The minimum Gasteiger partial charge on any atom is -0.340 e. The number of likely N-dealkylation sites (N-methyl/N-ethyl adjacent to an activating group) is 1. The Kier molecular flexibility index (Phi) is 4.23. The van der Waals surface area contributed by atoms with E-state index in [0.29, 0.717) is 12.1 Å². The van der Waals surface area contributed by atoms with Gasteiger partial charge >= 0.3 is 0 Å². The van der Waals surface area contributed by atoms with Crippen molar-refractivity contribution in [1.29, 1.82) is 0 Å². The molecule has 0 aliphatic carbocycles. The SMILES string of the molecule is CN(Cc1ccccn1)C(=O)Cc1ccccc1F. The van der Waals surface area contributed by atoms with Crippen molar-refractivity contribution < 1.29 is 9.18 Å². The molecule has 0 saturated heterocycles. The highest BCUT2D eigenvalue weighted by atomic mass is 19.1. The minimum absolute atomic E-state index is 0.0655. The second-order valence-electron chi connectivity index (χ2n) is 4.34. The van der Waals surface area contributed by atoms with Gasteiger partial charge in [0.15, 0.2) is 0 Å². The molecule has 0 radical (unpaired) electrons. The van der Waals surface area contributed by atoms with Crippen molar-refractivity contribution in [2.75, 3.05) is 7.05 Å². The first-order chi connectivity index (χ1) is 9.16. The maximum atomic E-state index is 13.5. The molecule has 4 heteroatoms. The second-order valence-corrected chi connectivity index (χ2v) is 4.34. The van der Waals surface area contributed by atoms with Crippen LogP contribution in [0.5, 0.6) is 0 Å². The van der Waals surface area contributed by atoms with Gasteiger partial charge in [0.05, 0.1) is 18.7 Å². The molecule has 1 amide bonds. The lowest BCUT2D eigenvalue weighted by atomic mass is 10.1. The van der Waals surface area contributed by atoms with Crippen LogP contribution in [0.15, 0.2) is 48.7 Å². The van der Waals surface area contributed by atoms with E-state index >= 15 is 0 Å². The van der Waals surface area contributed by atoms with E-state index in [1.54, 1.807) is 36.3 Å². The Balaban J connectivity index is 1.99. The quantitative estimate of drug-likeness (QED) is 0.843. The van der Waals surface area contributed by atoms with Gasteiger partial charge in [-0.2, -0.15) is 0 Å². The third kappa shape index (κ3) is 3.61. The summed E-state index contributed by atoms with van der Waals surface area (Å²) in [4.78, 5) is 17.7. The molecule has 0 atom stereocenters. The number of carbonyl (C=O) groups excluding carboxylic acids is 1. The number of benzene rings is 1. The lowest BCUT2D eigenvalue weighted by molar-refractivity contribution is -0.129. The monoisotopic (exact) mass is 258 g/mol. The Morgan fingerprint density at radius 2 is 1.95 bits per heavy atom. The number of rotatable bonds is 4. The van der Waals surface area contributed by atoms with Crippen LogP contribution in [0.1, 0.15) is 11.3 Å². The molecule has 3 nitrogen and oxygen atoms in total. The van der Waals surface area contributed by atoms with Crippen molar-refractivity contribution in [3.63, 3.8) is 0 Å². The van der Waals surface area contributed by atoms with Gasteiger partial charge in [0.1, 0.15) is 5.82 Å². The first-order valence-corrected chi connectivity index (χ1v) is 6.04. The summed E-state index contributed by atoms with van der Waals surface area (Å²) in [6.45, 7) is 0.425. The largest absolute Gasteiger partial charge is 0.340 e. The first kappa shape index (κ1) is 13.2. The lowest BCUT2D eigenvalue weighted by Gasteiger charge is -2.16. The van der Waals surface area contributed by atoms with Gasteiger partial charge in [-0.05, 0) is 23.8 Å². The first-order valence-electron chi connectivity index (χ1n) is 6.04. The Hall–Kier alpha value is -2.23. The molecule has 1 heterocycles. The molecule has 98 valence electrons. The lowest BCUT2D eigenvalue weighted by Crippen LogP contribution is -2.28. The van der Waals surface area contributed by atoms with Gasteiger partial charge in [0, 0.05) is 13.2 Å². The molecule has 2 rings (SSSR count). The molecule has 0 N–H and O–H groups in total. The zero-order valence-corrected chi connectivity index (χ0v) is 10.7. The molecule has 2 aromatic rings. The molecule has 0 spiro atoms. The van der Waals surface area contributed by atoms with E-state index in [0.717, 1.165) is 5.69 Å². The maximum Gasteiger partial charge on any atom is 0.227 e. The van der Waals surface area contributed by atoms with Crippen LogP contribution in [0.4, 0.5) is 4.39 Å². The van der Waals surface area contributed by atoms with E-state index in [4.69, 9.17) is 0 Å². The van der Waals surface area contributed by atoms with Gasteiger partial charge in [-0.1, -0.05) is 24.3 Å².